The number of methoxy groups -OCH3 is 1. The highest BCUT2D eigenvalue weighted by molar-refractivity contribution is 6.09. The second-order valence-corrected chi connectivity index (χ2v) is 4.45. The first-order chi connectivity index (χ1) is 9.26. The van der Waals surface area contributed by atoms with Gasteiger partial charge in [0.15, 0.2) is 0 Å². The molecule has 0 aliphatic heterocycles. The fourth-order valence-electron chi connectivity index (χ4n) is 2.59. The highest BCUT2D eigenvalue weighted by Crippen LogP contribution is 2.32. The highest BCUT2D eigenvalue weighted by atomic mass is 16.5. The van der Waals surface area contributed by atoms with E-state index in [-0.39, 0.29) is 0 Å². The van der Waals surface area contributed by atoms with Gasteiger partial charge >= 0.3 is 0 Å². The molecule has 4 nitrogen and oxygen atoms in total. The first kappa shape index (κ1) is 11.7. The summed E-state index contributed by atoms with van der Waals surface area (Å²) in [5.74, 6) is 0.785. The zero-order chi connectivity index (χ0) is 13.4. The van der Waals surface area contributed by atoms with Gasteiger partial charge in [-0.05, 0) is 25.1 Å². The van der Waals surface area contributed by atoms with Crippen molar-refractivity contribution in [2.75, 3.05) is 7.11 Å². The third-order valence-corrected chi connectivity index (χ3v) is 3.42. The Labute approximate surface area is 110 Å². The van der Waals surface area contributed by atoms with Crippen molar-refractivity contribution in [1.82, 2.24) is 9.55 Å². The number of fused-ring (bicyclic) bond motifs is 3. The van der Waals surface area contributed by atoms with Gasteiger partial charge in [-0.3, -0.25) is 4.98 Å². The number of nitrogens with zero attached hydrogens (tertiary/aromatic N) is 2. The monoisotopic (exact) mass is 254 g/mol. The van der Waals surface area contributed by atoms with Crippen LogP contribution >= 0.6 is 0 Å². The minimum Gasteiger partial charge on any atom is -0.497 e. The van der Waals surface area contributed by atoms with Crippen LogP contribution in [0.25, 0.3) is 21.8 Å². The molecule has 3 rings (SSSR count). The van der Waals surface area contributed by atoms with Gasteiger partial charge < -0.3 is 14.1 Å². The van der Waals surface area contributed by atoms with E-state index in [1.807, 2.05) is 35.8 Å². The SMILES string of the molecule is COc1ccc2c3ccnc(C)c3n(CC=O)c2c1. The predicted octanol–water partition coefficient (Wildman–Crippen LogP) is 2.71. The van der Waals surface area contributed by atoms with Crippen molar-refractivity contribution >= 4 is 28.1 Å². The molecule has 3 aromatic rings. The Morgan fingerprint density at radius 1 is 1.32 bits per heavy atom. The number of benzene rings is 1. The van der Waals surface area contributed by atoms with Crippen LogP contribution in [0.3, 0.4) is 0 Å². The average Bonchev–Trinajstić information content (AvgIpc) is 2.74. The standard InChI is InChI=1S/C15H14N2O2/c1-10-15-13(5-6-16-10)12-4-3-11(19-2)9-14(12)17(15)7-8-18/h3-6,8-9H,7H2,1-2H3. The second-order valence-electron chi connectivity index (χ2n) is 4.45. The minimum absolute atomic E-state index is 0.319. The number of hydrogen-bond acceptors (Lipinski definition) is 3. The van der Waals surface area contributed by atoms with E-state index in [9.17, 15) is 4.79 Å². The van der Waals surface area contributed by atoms with E-state index in [0.29, 0.717) is 6.54 Å². The Bertz CT molecular complexity index is 775. The molecule has 0 atom stereocenters. The van der Waals surface area contributed by atoms with Crippen molar-refractivity contribution in [3.8, 4) is 5.75 Å². The zero-order valence-corrected chi connectivity index (χ0v) is 10.9. The molecule has 0 unspecified atom stereocenters. The quantitative estimate of drug-likeness (QED) is 0.675. The van der Waals surface area contributed by atoms with Crippen LogP contribution in [0, 0.1) is 6.92 Å². The van der Waals surface area contributed by atoms with Crippen molar-refractivity contribution in [1.29, 1.82) is 0 Å². The van der Waals surface area contributed by atoms with E-state index in [2.05, 4.69) is 4.98 Å². The topological polar surface area (TPSA) is 44.1 Å². The summed E-state index contributed by atoms with van der Waals surface area (Å²) in [4.78, 5) is 15.3. The summed E-state index contributed by atoms with van der Waals surface area (Å²) < 4.78 is 7.25. The van der Waals surface area contributed by atoms with Crippen molar-refractivity contribution in [2.24, 2.45) is 0 Å². The van der Waals surface area contributed by atoms with Gasteiger partial charge in [-0.15, -0.1) is 0 Å². The smallest absolute Gasteiger partial charge is 0.139 e. The number of ether oxygens (including phenoxy) is 1. The molecular formula is C15H14N2O2. The summed E-state index contributed by atoms with van der Waals surface area (Å²) >= 11 is 0. The lowest BCUT2D eigenvalue weighted by molar-refractivity contribution is -0.108. The fraction of sp³-hybridized carbons (Fsp3) is 0.200. The van der Waals surface area contributed by atoms with Gasteiger partial charge in [-0.2, -0.15) is 0 Å². The molecule has 96 valence electrons. The van der Waals surface area contributed by atoms with Gasteiger partial charge in [-0.1, -0.05) is 0 Å². The second kappa shape index (κ2) is 4.39. The van der Waals surface area contributed by atoms with E-state index in [1.54, 1.807) is 13.3 Å². The molecule has 0 N–H and O–H groups in total. The maximum atomic E-state index is 11.0. The number of aromatic nitrogens is 2. The molecule has 0 spiro atoms. The first-order valence-electron chi connectivity index (χ1n) is 6.11. The lowest BCUT2D eigenvalue weighted by Crippen LogP contribution is -2.00. The number of carbonyl (C=O) groups is 1. The summed E-state index contributed by atoms with van der Waals surface area (Å²) in [5.41, 5.74) is 2.94. The summed E-state index contributed by atoms with van der Waals surface area (Å²) in [6.07, 6.45) is 2.71. The molecule has 4 heteroatoms. The number of rotatable bonds is 3. The summed E-state index contributed by atoms with van der Waals surface area (Å²) in [6.45, 7) is 2.28. The Kier molecular flexibility index (Phi) is 2.71. The van der Waals surface area contributed by atoms with Crippen molar-refractivity contribution in [2.45, 2.75) is 13.5 Å². The molecule has 0 aliphatic carbocycles. The number of carbonyl (C=O) groups excluding carboxylic acids is 1. The van der Waals surface area contributed by atoms with E-state index in [0.717, 1.165) is 39.5 Å². The van der Waals surface area contributed by atoms with Gasteiger partial charge in [-0.25, -0.2) is 0 Å². The normalized spacial score (nSPS) is 11.1. The van der Waals surface area contributed by atoms with Gasteiger partial charge in [0.1, 0.15) is 12.0 Å². The van der Waals surface area contributed by atoms with E-state index < -0.39 is 0 Å². The molecule has 2 heterocycles. The predicted molar refractivity (Wildman–Crippen MR) is 74.6 cm³/mol. The molecule has 0 amide bonds. The van der Waals surface area contributed by atoms with Gasteiger partial charge in [0.05, 0.1) is 30.4 Å². The maximum absolute atomic E-state index is 11.0. The van der Waals surface area contributed by atoms with Crippen LogP contribution in [0.2, 0.25) is 0 Å². The summed E-state index contributed by atoms with van der Waals surface area (Å²) in [5, 5.41) is 2.23. The molecule has 19 heavy (non-hydrogen) atoms. The lowest BCUT2D eigenvalue weighted by Gasteiger charge is -2.05. The highest BCUT2D eigenvalue weighted by Gasteiger charge is 2.13. The molecule has 2 aromatic heterocycles. The molecule has 1 aromatic carbocycles. The van der Waals surface area contributed by atoms with E-state index >= 15 is 0 Å². The summed E-state index contributed by atoms with van der Waals surface area (Å²) in [6, 6.07) is 7.90. The number of aldehydes is 1. The van der Waals surface area contributed by atoms with Crippen LogP contribution in [0.4, 0.5) is 0 Å². The van der Waals surface area contributed by atoms with Gasteiger partial charge in [0.2, 0.25) is 0 Å². The van der Waals surface area contributed by atoms with Crippen LogP contribution in [0.5, 0.6) is 5.75 Å². The van der Waals surface area contributed by atoms with Gasteiger partial charge in [0, 0.05) is 23.0 Å². The molecule has 0 bridgehead atoms. The Balaban J connectivity index is 2.50. The Morgan fingerprint density at radius 3 is 2.89 bits per heavy atom. The van der Waals surface area contributed by atoms with Crippen LogP contribution in [-0.2, 0) is 11.3 Å². The number of pyridine rings is 1. The summed E-state index contributed by atoms with van der Waals surface area (Å²) in [7, 11) is 1.64. The largest absolute Gasteiger partial charge is 0.497 e. The third-order valence-electron chi connectivity index (χ3n) is 3.42. The minimum atomic E-state index is 0.319. The zero-order valence-electron chi connectivity index (χ0n) is 10.9. The fourth-order valence-corrected chi connectivity index (χ4v) is 2.59. The van der Waals surface area contributed by atoms with Crippen LogP contribution < -0.4 is 4.74 Å². The van der Waals surface area contributed by atoms with Crippen molar-refractivity contribution in [3.63, 3.8) is 0 Å². The number of hydrogen-bond donors (Lipinski definition) is 0. The Hall–Kier alpha value is -2.36. The van der Waals surface area contributed by atoms with Crippen molar-refractivity contribution < 1.29 is 9.53 Å². The lowest BCUT2D eigenvalue weighted by atomic mass is 10.1. The molecule has 0 saturated heterocycles. The molecule has 0 radical (unpaired) electrons. The maximum Gasteiger partial charge on any atom is 0.139 e. The van der Waals surface area contributed by atoms with Gasteiger partial charge in [0.25, 0.3) is 0 Å². The van der Waals surface area contributed by atoms with E-state index in [4.69, 9.17) is 4.74 Å². The molecular weight excluding hydrogens is 240 g/mol. The third kappa shape index (κ3) is 1.68. The van der Waals surface area contributed by atoms with Crippen LogP contribution in [0.15, 0.2) is 30.5 Å². The Morgan fingerprint density at radius 2 is 2.16 bits per heavy atom. The average molecular weight is 254 g/mol. The van der Waals surface area contributed by atoms with Crippen LogP contribution in [-0.4, -0.2) is 22.9 Å². The van der Waals surface area contributed by atoms with E-state index in [1.165, 1.54) is 0 Å². The molecule has 0 saturated carbocycles. The molecule has 0 fully saturated rings. The van der Waals surface area contributed by atoms with Crippen LogP contribution in [0.1, 0.15) is 5.69 Å². The first-order valence-corrected chi connectivity index (χ1v) is 6.11. The molecule has 0 aliphatic rings. The van der Waals surface area contributed by atoms with Crippen molar-refractivity contribution in [3.05, 3.63) is 36.2 Å². The number of aryl methyl sites for hydroxylation is 1.